The minimum atomic E-state index is -0.603. The van der Waals surface area contributed by atoms with Crippen molar-refractivity contribution in [2.75, 3.05) is 0 Å². The molecule has 2 aromatic heterocycles. The minimum Gasteiger partial charge on any atom is -0.274 e. The second-order valence-corrected chi connectivity index (χ2v) is 3.46. The maximum absolute atomic E-state index is 11.0. The first-order chi connectivity index (χ1) is 7.20. The van der Waals surface area contributed by atoms with Crippen molar-refractivity contribution in [3.8, 4) is 5.82 Å². The molecule has 0 atom stereocenters. The molecule has 0 aromatic carbocycles. The van der Waals surface area contributed by atoms with Gasteiger partial charge >= 0.3 is 0 Å². The zero-order valence-corrected chi connectivity index (χ0v) is 8.90. The van der Waals surface area contributed by atoms with Gasteiger partial charge in [0.25, 0.3) is 5.24 Å². The lowest BCUT2D eigenvalue weighted by Crippen LogP contribution is -2.06. The lowest BCUT2D eigenvalue weighted by atomic mass is 10.4. The second kappa shape index (κ2) is 4.00. The highest BCUT2D eigenvalue weighted by molar-refractivity contribution is 6.67. The Hall–Kier alpha value is -1.39. The fraction of sp³-hybridized carbons (Fsp3) is 0. The number of nitrogens with zero attached hydrogens (tertiary/aromatic N) is 3. The maximum Gasteiger partial charge on any atom is 0.271 e. The van der Waals surface area contributed by atoms with Gasteiger partial charge < -0.3 is 0 Å². The number of carbonyl (C=O) groups is 1. The molecule has 0 fully saturated rings. The number of halogens is 2. The summed E-state index contributed by atoms with van der Waals surface area (Å²) in [4.78, 5) is 15.1. The van der Waals surface area contributed by atoms with Crippen LogP contribution >= 0.6 is 23.2 Å². The van der Waals surface area contributed by atoms with Crippen molar-refractivity contribution in [1.82, 2.24) is 14.8 Å². The van der Waals surface area contributed by atoms with E-state index in [4.69, 9.17) is 23.2 Å². The van der Waals surface area contributed by atoms with Gasteiger partial charge in [-0.1, -0.05) is 11.6 Å². The van der Waals surface area contributed by atoms with E-state index in [1.807, 2.05) is 0 Å². The Morgan fingerprint density at radius 1 is 1.33 bits per heavy atom. The number of hydrogen-bond acceptors (Lipinski definition) is 3. The maximum atomic E-state index is 11.0. The van der Waals surface area contributed by atoms with Crippen LogP contribution in [0.15, 0.2) is 30.6 Å². The van der Waals surface area contributed by atoms with Gasteiger partial charge in [0.05, 0.1) is 11.2 Å². The van der Waals surface area contributed by atoms with E-state index >= 15 is 0 Å². The smallest absolute Gasteiger partial charge is 0.271 e. The van der Waals surface area contributed by atoms with Crippen LogP contribution in [-0.2, 0) is 0 Å². The third-order valence-electron chi connectivity index (χ3n) is 1.78. The first-order valence-corrected chi connectivity index (χ1v) is 4.80. The van der Waals surface area contributed by atoms with Gasteiger partial charge in [0.15, 0.2) is 5.82 Å². The molecule has 0 radical (unpaired) electrons. The molecule has 0 unspecified atom stereocenters. The molecular weight excluding hydrogens is 237 g/mol. The molecule has 2 aromatic rings. The van der Waals surface area contributed by atoms with Gasteiger partial charge in [-0.05, 0) is 29.8 Å². The van der Waals surface area contributed by atoms with Crippen LogP contribution in [-0.4, -0.2) is 20.0 Å². The number of carbonyl (C=O) groups excluding carboxylic acids is 1. The van der Waals surface area contributed by atoms with Crippen molar-refractivity contribution in [2.45, 2.75) is 0 Å². The summed E-state index contributed by atoms with van der Waals surface area (Å²) >= 11 is 11.3. The molecule has 0 aliphatic heterocycles. The summed E-state index contributed by atoms with van der Waals surface area (Å²) in [6.45, 7) is 0. The van der Waals surface area contributed by atoms with Crippen molar-refractivity contribution in [3.63, 3.8) is 0 Å². The molecule has 0 aliphatic rings. The molecule has 76 valence electrons. The largest absolute Gasteiger partial charge is 0.274 e. The summed E-state index contributed by atoms with van der Waals surface area (Å²) in [6.07, 6.45) is 3.02. The molecule has 0 saturated heterocycles. The van der Waals surface area contributed by atoms with Crippen LogP contribution in [0.4, 0.5) is 0 Å². The van der Waals surface area contributed by atoms with Gasteiger partial charge in [-0.2, -0.15) is 5.10 Å². The Morgan fingerprint density at radius 3 is 2.80 bits per heavy atom. The second-order valence-electron chi connectivity index (χ2n) is 2.71. The van der Waals surface area contributed by atoms with Crippen molar-refractivity contribution in [2.24, 2.45) is 0 Å². The fourth-order valence-electron chi connectivity index (χ4n) is 1.15. The van der Waals surface area contributed by atoms with Gasteiger partial charge in [-0.15, -0.1) is 0 Å². The lowest BCUT2D eigenvalue weighted by Gasteiger charge is -2.04. The number of rotatable bonds is 2. The van der Waals surface area contributed by atoms with E-state index in [2.05, 4.69) is 10.1 Å². The van der Waals surface area contributed by atoms with Crippen LogP contribution in [0.2, 0.25) is 5.02 Å². The third-order valence-corrected chi connectivity index (χ3v) is 2.27. The van der Waals surface area contributed by atoms with Crippen molar-refractivity contribution in [1.29, 1.82) is 0 Å². The van der Waals surface area contributed by atoms with Crippen LogP contribution in [0, 0.1) is 0 Å². The average Bonchev–Trinajstić information content (AvgIpc) is 2.67. The Kier molecular flexibility index (Phi) is 2.70. The molecule has 0 bridgehead atoms. The number of aromatic nitrogens is 3. The van der Waals surface area contributed by atoms with Crippen LogP contribution in [0.5, 0.6) is 0 Å². The number of pyridine rings is 1. The molecule has 15 heavy (non-hydrogen) atoms. The summed E-state index contributed by atoms with van der Waals surface area (Å²) in [5, 5.41) is 3.73. The van der Waals surface area contributed by atoms with Crippen LogP contribution in [0.25, 0.3) is 5.82 Å². The summed E-state index contributed by atoms with van der Waals surface area (Å²) < 4.78 is 1.30. The quantitative estimate of drug-likeness (QED) is 0.759. The standard InChI is InChI=1S/C9H5Cl2N3O/c10-6-2-1-4-12-9(6)14-7(8(11)15)3-5-13-14/h1-5H. The topological polar surface area (TPSA) is 47.8 Å². The van der Waals surface area contributed by atoms with Crippen molar-refractivity contribution >= 4 is 28.4 Å². The number of hydrogen-bond donors (Lipinski definition) is 0. The summed E-state index contributed by atoms with van der Waals surface area (Å²) in [7, 11) is 0. The highest BCUT2D eigenvalue weighted by Crippen LogP contribution is 2.18. The third kappa shape index (κ3) is 1.86. The highest BCUT2D eigenvalue weighted by atomic mass is 35.5. The van der Waals surface area contributed by atoms with Gasteiger partial charge in [-0.25, -0.2) is 9.67 Å². The molecule has 0 spiro atoms. The molecular formula is C9H5Cl2N3O. The summed E-state index contributed by atoms with van der Waals surface area (Å²) in [5.41, 5.74) is 0.234. The summed E-state index contributed by atoms with van der Waals surface area (Å²) in [6, 6.07) is 4.85. The van der Waals surface area contributed by atoms with Gasteiger partial charge in [0, 0.05) is 6.20 Å². The molecule has 6 heteroatoms. The molecule has 2 heterocycles. The Balaban J connectivity index is 2.59. The summed E-state index contributed by atoms with van der Waals surface area (Å²) in [5.74, 6) is 0.383. The molecule has 0 amide bonds. The predicted molar refractivity (Wildman–Crippen MR) is 56.6 cm³/mol. The van der Waals surface area contributed by atoms with Crippen LogP contribution in [0.3, 0.4) is 0 Å². The average molecular weight is 242 g/mol. The first kappa shape index (κ1) is 10.1. The van der Waals surface area contributed by atoms with E-state index in [9.17, 15) is 4.79 Å². The fourth-order valence-corrected chi connectivity index (χ4v) is 1.50. The zero-order valence-electron chi connectivity index (χ0n) is 7.39. The van der Waals surface area contributed by atoms with E-state index in [0.29, 0.717) is 10.8 Å². The SMILES string of the molecule is O=C(Cl)c1ccnn1-c1ncccc1Cl. The molecule has 0 aliphatic carbocycles. The van der Waals surface area contributed by atoms with E-state index in [-0.39, 0.29) is 5.69 Å². The van der Waals surface area contributed by atoms with E-state index < -0.39 is 5.24 Å². The Labute approximate surface area is 95.4 Å². The molecule has 0 N–H and O–H groups in total. The zero-order chi connectivity index (χ0) is 10.8. The normalized spacial score (nSPS) is 10.3. The monoisotopic (exact) mass is 241 g/mol. The first-order valence-electron chi connectivity index (χ1n) is 4.05. The highest BCUT2D eigenvalue weighted by Gasteiger charge is 2.13. The van der Waals surface area contributed by atoms with Crippen molar-refractivity contribution < 1.29 is 4.79 Å². The molecule has 4 nitrogen and oxygen atoms in total. The van der Waals surface area contributed by atoms with E-state index in [0.717, 1.165) is 0 Å². The lowest BCUT2D eigenvalue weighted by molar-refractivity contribution is 0.107. The molecule has 0 saturated carbocycles. The van der Waals surface area contributed by atoms with E-state index in [1.54, 1.807) is 18.3 Å². The van der Waals surface area contributed by atoms with Gasteiger partial charge in [0.1, 0.15) is 5.69 Å². The Morgan fingerprint density at radius 2 is 2.13 bits per heavy atom. The van der Waals surface area contributed by atoms with Gasteiger partial charge in [0.2, 0.25) is 0 Å². The minimum absolute atomic E-state index is 0.234. The van der Waals surface area contributed by atoms with Crippen molar-refractivity contribution in [3.05, 3.63) is 41.3 Å². The Bertz CT molecular complexity index is 510. The van der Waals surface area contributed by atoms with E-state index in [1.165, 1.54) is 16.9 Å². The van der Waals surface area contributed by atoms with Crippen LogP contribution < -0.4 is 0 Å². The predicted octanol–water partition coefficient (Wildman–Crippen LogP) is 2.30. The van der Waals surface area contributed by atoms with Crippen LogP contribution in [0.1, 0.15) is 10.5 Å². The van der Waals surface area contributed by atoms with Gasteiger partial charge in [-0.3, -0.25) is 4.79 Å². The molecule has 2 rings (SSSR count).